The molecule has 0 radical (unpaired) electrons. The van der Waals surface area contributed by atoms with E-state index in [9.17, 15) is 43.2 Å². The van der Waals surface area contributed by atoms with Crippen molar-refractivity contribution in [3.8, 4) is 0 Å². The number of phosphoric acid groups is 2. The highest BCUT2D eigenvalue weighted by molar-refractivity contribution is 7.47. The summed E-state index contributed by atoms with van der Waals surface area (Å²) in [5, 5.41) is 10.6. The molecule has 19 heteroatoms. The van der Waals surface area contributed by atoms with Gasteiger partial charge in [-0.15, -0.1) is 0 Å². The SMILES string of the molecule is CC/C=C\C/C=C\C/C=C\C/C=C\C/C=C\C/C=C\CCC(=O)OCC(COP(=O)(O)OCC(O)COP(=O)(O)OCC(COC(=O)CCCCCCCCCCCCCCCCC)OC(=O)CCCCCCCCCCCCC)OC(=O)CCCCCCCC/C=C\C/C=C\C/C=C\CCCCC. The average Bonchev–Trinajstić information content (AvgIpc) is 0.928. The Hall–Kier alpha value is -4.28. The molecule has 5 unspecified atom stereocenters. The van der Waals surface area contributed by atoms with Crippen LogP contribution in [0.3, 0.4) is 0 Å². The number of hydrogen-bond acceptors (Lipinski definition) is 15. The smallest absolute Gasteiger partial charge is 0.462 e. The summed E-state index contributed by atoms with van der Waals surface area (Å²) < 4.78 is 68.6. The summed E-state index contributed by atoms with van der Waals surface area (Å²) in [6.45, 7) is 4.68. The normalized spacial score (nSPS) is 14.4. The Labute approximate surface area is 632 Å². The summed E-state index contributed by atoms with van der Waals surface area (Å²) in [7, 11) is -9.97. The van der Waals surface area contributed by atoms with Gasteiger partial charge in [0.05, 0.1) is 26.4 Å². The fourth-order valence-corrected chi connectivity index (χ4v) is 12.6. The van der Waals surface area contributed by atoms with E-state index >= 15 is 0 Å². The second-order valence-corrected chi connectivity index (χ2v) is 30.3. The molecule has 0 aromatic heterocycles. The number of carbonyl (C=O) groups excluding carboxylic acids is 4. The first kappa shape index (κ1) is 99.7. The number of aliphatic hydroxyl groups excluding tert-OH is 1. The summed E-state index contributed by atoms with van der Waals surface area (Å²) in [6, 6.07) is 0. The van der Waals surface area contributed by atoms with Crippen molar-refractivity contribution in [2.24, 2.45) is 0 Å². The van der Waals surface area contributed by atoms with Crippen molar-refractivity contribution in [3.63, 3.8) is 0 Å². The summed E-state index contributed by atoms with van der Waals surface area (Å²) in [5.74, 6) is -2.27. The van der Waals surface area contributed by atoms with Crippen LogP contribution in [-0.4, -0.2) is 96.7 Å². The number of rotatable bonds is 77. The fraction of sp³-hybridized carbons (Fsp3) is 0.741. The molecule has 0 amide bonds. The van der Waals surface area contributed by atoms with Crippen LogP contribution in [0, 0.1) is 0 Å². The van der Waals surface area contributed by atoms with Gasteiger partial charge in [0.25, 0.3) is 0 Å². The molecule has 17 nitrogen and oxygen atoms in total. The van der Waals surface area contributed by atoms with Gasteiger partial charge in [0.1, 0.15) is 19.3 Å². The molecule has 0 aromatic carbocycles. The molecule has 0 aromatic rings. The van der Waals surface area contributed by atoms with E-state index in [4.69, 9.17) is 37.0 Å². The monoisotopic (exact) mass is 1500 g/mol. The Morgan fingerprint density at radius 1 is 0.279 bits per heavy atom. The minimum atomic E-state index is -5.00. The number of carbonyl (C=O) groups is 4. The first-order valence-corrected chi connectivity index (χ1v) is 44.1. The molecule has 104 heavy (non-hydrogen) atoms. The lowest BCUT2D eigenvalue weighted by atomic mass is 10.0. The first-order chi connectivity index (χ1) is 50.7. The number of ether oxygens (including phenoxy) is 4. The van der Waals surface area contributed by atoms with Crippen LogP contribution in [0.4, 0.5) is 0 Å². The van der Waals surface area contributed by atoms with E-state index in [1.54, 1.807) is 0 Å². The Kier molecular flexibility index (Phi) is 73.7. The summed E-state index contributed by atoms with van der Waals surface area (Å²) in [6.07, 6.45) is 83.6. The topological polar surface area (TPSA) is 237 Å². The van der Waals surface area contributed by atoms with Gasteiger partial charge < -0.3 is 33.8 Å². The van der Waals surface area contributed by atoms with Crippen molar-refractivity contribution in [2.75, 3.05) is 39.6 Å². The number of allylic oxidation sites excluding steroid dienone is 18. The number of phosphoric ester groups is 2. The van der Waals surface area contributed by atoms with Gasteiger partial charge in [0.2, 0.25) is 0 Å². The lowest BCUT2D eigenvalue weighted by Gasteiger charge is -2.21. The van der Waals surface area contributed by atoms with E-state index in [1.165, 1.54) is 128 Å². The molecule has 0 rings (SSSR count). The second kappa shape index (κ2) is 76.9. The molecule has 600 valence electrons. The molecule has 0 aliphatic heterocycles. The predicted molar refractivity (Wildman–Crippen MR) is 427 cm³/mol. The summed E-state index contributed by atoms with van der Waals surface area (Å²) in [5.41, 5.74) is 0. The maximum atomic E-state index is 13.1. The van der Waals surface area contributed by atoms with Crippen LogP contribution in [0.5, 0.6) is 0 Å². The molecule has 0 spiro atoms. The zero-order valence-corrected chi connectivity index (χ0v) is 67.5. The lowest BCUT2D eigenvalue weighted by molar-refractivity contribution is -0.161. The average molecular weight is 1500 g/mol. The van der Waals surface area contributed by atoms with Crippen LogP contribution in [-0.2, 0) is 65.4 Å². The van der Waals surface area contributed by atoms with Crippen molar-refractivity contribution in [3.05, 3.63) is 109 Å². The van der Waals surface area contributed by atoms with Crippen molar-refractivity contribution >= 4 is 39.5 Å². The Morgan fingerprint density at radius 2 is 0.519 bits per heavy atom. The van der Waals surface area contributed by atoms with Gasteiger partial charge in [-0.3, -0.25) is 37.3 Å². The van der Waals surface area contributed by atoms with Crippen molar-refractivity contribution in [2.45, 2.75) is 367 Å². The number of esters is 4. The van der Waals surface area contributed by atoms with E-state index in [-0.39, 0.29) is 25.7 Å². The van der Waals surface area contributed by atoms with Crippen LogP contribution in [0.2, 0.25) is 0 Å². The van der Waals surface area contributed by atoms with E-state index in [2.05, 4.69) is 119 Å². The maximum absolute atomic E-state index is 13.1. The van der Waals surface area contributed by atoms with Crippen LogP contribution >= 0.6 is 15.6 Å². The maximum Gasteiger partial charge on any atom is 0.472 e. The largest absolute Gasteiger partial charge is 0.472 e. The van der Waals surface area contributed by atoms with E-state index in [0.717, 1.165) is 135 Å². The Morgan fingerprint density at radius 3 is 0.846 bits per heavy atom. The molecule has 0 bridgehead atoms. The lowest BCUT2D eigenvalue weighted by Crippen LogP contribution is -2.30. The standard InChI is InChI=1S/C85H148O17P2/c1-5-9-13-17-21-25-29-32-35-37-39-41-44-47-51-54-58-62-66-70-83(88)96-76-81(102-85(90)72-68-64-60-56-52-48-45-42-40-38-36-33-30-26-22-18-14-10-6-2)78-100-104(93,94)98-74-79(86)73-97-103(91,92)99-77-80(101-84(89)71-67-63-59-55-49-28-24-20-16-12-8-4)75-95-82(87)69-65-61-57-53-50-46-43-34-31-27-23-19-15-11-7-3/h9,13,21-22,25-26,32-33,35-36,39-42,47,51,58,62,79-81,86H,5-8,10-12,14-20,23-24,27-31,34,37-38,43-46,48-50,52-57,59-61,63-78H2,1-4H3,(H,91,92)(H,93,94)/b13-9-,25-21-,26-22-,35-32-,36-33-,41-39-,42-40-,51-47-,62-58-. The minimum absolute atomic E-state index is 0.0324. The molecule has 5 atom stereocenters. The Bertz CT molecular complexity index is 2390. The zero-order valence-electron chi connectivity index (χ0n) is 65.7. The minimum Gasteiger partial charge on any atom is -0.462 e. The highest BCUT2D eigenvalue weighted by Gasteiger charge is 2.30. The van der Waals surface area contributed by atoms with Crippen LogP contribution in [0.15, 0.2) is 109 Å². The number of unbranched alkanes of at least 4 members (excludes halogenated alkanes) is 33. The van der Waals surface area contributed by atoms with Crippen molar-refractivity contribution in [1.82, 2.24) is 0 Å². The van der Waals surface area contributed by atoms with Gasteiger partial charge in [-0.2, -0.15) is 0 Å². The quantitative estimate of drug-likeness (QED) is 0.0169. The summed E-state index contributed by atoms with van der Waals surface area (Å²) in [4.78, 5) is 73.0. The van der Waals surface area contributed by atoms with Gasteiger partial charge in [0.15, 0.2) is 12.2 Å². The fourth-order valence-electron chi connectivity index (χ4n) is 11.0. The molecule has 0 saturated carbocycles. The van der Waals surface area contributed by atoms with E-state index in [1.807, 2.05) is 18.2 Å². The molecule has 0 aliphatic carbocycles. The first-order valence-electron chi connectivity index (χ1n) is 41.1. The third-order valence-electron chi connectivity index (χ3n) is 17.3. The van der Waals surface area contributed by atoms with Crippen molar-refractivity contribution in [1.29, 1.82) is 0 Å². The van der Waals surface area contributed by atoms with Gasteiger partial charge in [0, 0.05) is 25.7 Å². The van der Waals surface area contributed by atoms with Crippen LogP contribution in [0.1, 0.15) is 349 Å². The van der Waals surface area contributed by atoms with E-state index < -0.39 is 97.5 Å². The van der Waals surface area contributed by atoms with Gasteiger partial charge >= 0.3 is 39.5 Å². The Balaban J connectivity index is 5.40. The van der Waals surface area contributed by atoms with Crippen molar-refractivity contribution < 1.29 is 80.2 Å². The third kappa shape index (κ3) is 75.9. The van der Waals surface area contributed by atoms with Gasteiger partial charge in [-0.05, 0) is 103 Å². The summed E-state index contributed by atoms with van der Waals surface area (Å²) >= 11 is 0. The van der Waals surface area contributed by atoms with Gasteiger partial charge in [-0.25, -0.2) is 9.13 Å². The zero-order chi connectivity index (χ0) is 76.0. The molecule has 0 fully saturated rings. The molecular formula is C85H148O17P2. The predicted octanol–water partition coefficient (Wildman–Crippen LogP) is 24.1. The van der Waals surface area contributed by atoms with Crippen LogP contribution < -0.4 is 0 Å². The molecule has 0 heterocycles. The number of hydrogen-bond donors (Lipinski definition) is 3. The highest BCUT2D eigenvalue weighted by Crippen LogP contribution is 2.45. The van der Waals surface area contributed by atoms with Gasteiger partial charge in [-0.1, -0.05) is 330 Å². The van der Waals surface area contributed by atoms with E-state index in [0.29, 0.717) is 32.1 Å². The molecule has 0 saturated heterocycles. The molecule has 3 N–H and O–H groups in total. The highest BCUT2D eigenvalue weighted by atomic mass is 31.2. The third-order valence-corrected chi connectivity index (χ3v) is 19.2. The molecule has 0 aliphatic rings. The number of aliphatic hydroxyl groups is 1. The second-order valence-electron chi connectivity index (χ2n) is 27.3. The molecular weight excluding hydrogens is 1350 g/mol. The van der Waals surface area contributed by atoms with Crippen LogP contribution in [0.25, 0.3) is 0 Å².